The Kier molecular flexibility index (Phi) is 8.62. The highest BCUT2D eigenvalue weighted by Crippen LogP contribution is 2.67. The molecule has 4 aliphatic carbocycles. The summed E-state index contributed by atoms with van der Waals surface area (Å²) in [6.45, 7) is 3.65. The Balaban J connectivity index is 0.990. The number of aliphatic hydroxyl groups excluding tert-OH is 1. The molecule has 10 nitrogen and oxygen atoms in total. The zero-order valence-electron chi connectivity index (χ0n) is 25.8. The summed E-state index contributed by atoms with van der Waals surface area (Å²) in [5.74, 6) is -2.04. The van der Waals surface area contributed by atoms with Gasteiger partial charge in [-0.05, 0) is 56.1 Å². The molecule has 10 heteroatoms. The third kappa shape index (κ3) is 5.71. The molecule has 0 amide bonds. The number of Topliss-reactive ketones (excluding diaryl/α,β-unsaturated/α-hetero) is 1. The largest absolute Gasteiger partial charge is 0.458 e. The van der Waals surface area contributed by atoms with E-state index in [0.717, 1.165) is 24.0 Å². The van der Waals surface area contributed by atoms with Crippen molar-refractivity contribution in [2.75, 3.05) is 19.8 Å². The van der Waals surface area contributed by atoms with Gasteiger partial charge in [0.05, 0.1) is 32.2 Å². The minimum Gasteiger partial charge on any atom is -0.458 e. The second kappa shape index (κ2) is 12.2. The van der Waals surface area contributed by atoms with Crippen LogP contribution in [0, 0.1) is 28.6 Å². The Morgan fingerprint density at radius 2 is 1.73 bits per heavy atom. The zero-order valence-corrected chi connectivity index (χ0v) is 25.8. The molecular weight excluding hydrogens is 580 g/mol. The van der Waals surface area contributed by atoms with E-state index < -0.39 is 59.3 Å². The van der Waals surface area contributed by atoms with E-state index in [1.54, 1.807) is 12.2 Å². The molecular formula is C35H42O10. The number of hydrogen-bond acceptors (Lipinski definition) is 10. The average molecular weight is 623 g/mol. The van der Waals surface area contributed by atoms with Crippen molar-refractivity contribution in [1.29, 1.82) is 0 Å². The Bertz CT molecular complexity index is 1390. The summed E-state index contributed by atoms with van der Waals surface area (Å²) in [5, 5.41) is 23.3. The van der Waals surface area contributed by atoms with Crippen LogP contribution >= 0.6 is 0 Å². The van der Waals surface area contributed by atoms with E-state index in [4.69, 9.17) is 18.9 Å². The maximum atomic E-state index is 13.5. The molecule has 5 aliphatic rings. The number of fused-ring (bicyclic) bond motifs is 5. The van der Waals surface area contributed by atoms with Crippen LogP contribution in [0.1, 0.15) is 70.6 Å². The Labute approximate surface area is 262 Å². The van der Waals surface area contributed by atoms with Crippen LogP contribution in [0.5, 0.6) is 0 Å². The summed E-state index contributed by atoms with van der Waals surface area (Å²) >= 11 is 0. The number of hydrogen-bond donors (Lipinski definition) is 2. The summed E-state index contributed by atoms with van der Waals surface area (Å²) in [6, 6.07) is 9.42. The topological polar surface area (TPSA) is 146 Å². The first kappa shape index (κ1) is 31.8. The maximum absolute atomic E-state index is 13.5. The molecule has 2 N–H and O–H groups in total. The first-order valence-electron chi connectivity index (χ1n) is 16.0. The SMILES string of the molecule is C[C@]12C=CC(=O)C=C1CCC1C2C(O)C[C@@]2(C)C1CC[C@]2(O)C(=O)COC(=O)CCC(=O)OC1COC(c2ccccc2)OC1. The van der Waals surface area contributed by atoms with E-state index in [-0.39, 0.29) is 62.4 Å². The predicted molar refractivity (Wildman–Crippen MR) is 159 cm³/mol. The highest BCUT2D eigenvalue weighted by Gasteiger charge is 2.68. The van der Waals surface area contributed by atoms with Gasteiger partial charge in [-0.25, -0.2) is 0 Å². The Morgan fingerprint density at radius 1 is 1.02 bits per heavy atom. The van der Waals surface area contributed by atoms with E-state index in [9.17, 15) is 29.4 Å². The number of carbonyl (C=O) groups is 4. The molecule has 1 aliphatic heterocycles. The molecule has 6 rings (SSSR count). The molecule has 0 bridgehead atoms. The molecule has 242 valence electrons. The van der Waals surface area contributed by atoms with Crippen molar-refractivity contribution < 1.29 is 48.3 Å². The Hall–Kier alpha value is -3.18. The molecule has 0 aromatic heterocycles. The second-order valence-electron chi connectivity index (χ2n) is 13.7. The van der Waals surface area contributed by atoms with Gasteiger partial charge in [0.2, 0.25) is 5.78 Å². The summed E-state index contributed by atoms with van der Waals surface area (Å²) in [7, 11) is 0. The first-order valence-corrected chi connectivity index (χ1v) is 16.0. The molecule has 1 aromatic rings. The number of esters is 2. The van der Waals surface area contributed by atoms with Gasteiger partial charge in [-0.3, -0.25) is 19.2 Å². The lowest BCUT2D eigenvalue weighted by Gasteiger charge is -2.59. The van der Waals surface area contributed by atoms with Gasteiger partial charge in [0.15, 0.2) is 18.7 Å². The summed E-state index contributed by atoms with van der Waals surface area (Å²) in [6.07, 6.45) is 5.33. The number of carbonyl (C=O) groups excluding carboxylic acids is 4. The van der Waals surface area contributed by atoms with Gasteiger partial charge in [-0.2, -0.15) is 0 Å². The number of benzene rings is 1. The van der Waals surface area contributed by atoms with E-state index in [1.165, 1.54) is 0 Å². The highest BCUT2D eigenvalue weighted by molar-refractivity contribution is 6.01. The van der Waals surface area contributed by atoms with Gasteiger partial charge in [0, 0.05) is 22.3 Å². The van der Waals surface area contributed by atoms with E-state index in [0.29, 0.717) is 6.42 Å². The summed E-state index contributed by atoms with van der Waals surface area (Å²) in [5.41, 5.74) is -1.19. The van der Waals surface area contributed by atoms with Gasteiger partial charge in [0.1, 0.15) is 11.7 Å². The van der Waals surface area contributed by atoms with Crippen LogP contribution in [0.4, 0.5) is 0 Å². The summed E-state index contributed by atoms with van der Waals surface area (Å²) in [4.78, 5) is 50.3. The van der Waals surface area contributed by atoms with Crippen LogP contribution in [-0.4, -0.2) is 71.3 Å². The smallest absolute Gasteiger partial charge is 0.306 e. The summed E-state index contributed by atoms with van der Waals surface area (Å²) < 4.78 is 21.9. The van der Waals surface area contributed by atoms with Gasteiger partial charge in [-0.1, -0.05) is 55.8 Å². The maximum Gasteiger partial charge on any atom is 0.306 e. The predicted octanol–water partition coefficient (Wildman–Crippen LogP) is 3.55. The van der Waals surface area contributed by atoms with Crippen molar-refractivity contribution in [3.05, 3.63) is 59.7 Å². The molecule has 45 heavy (non-hydrogen) atoms. The zero-order chi connectivity index (χ0) is 32.0. The highest BCUT2D eigenvalue weighted by atomic mass is 16.7. The number of aliphatic hydroxyl groups is 2. The normalized spacial score (nSPS) is 38.8. The molecule has 0 radical (unpaired) electrons. The minimum atomic E-state index is -1.75. The van der Waals surface area contributed by atoms with Gasteiger partial charge in [0.25, 0.3) is 0 Å². The average Bonchev–Trinajstić information content (AvgIpc) is 3.30. The first-order chi connectivity index (χ1) is 21.4. The van der Waals surface area contributed by atoms with Crippen molar-refractivity contribution in [2.24, 2.45) is 28.6 Å². The van der Waals surface area contributed by atoms with Crippen LogP contribution in [-0.2, 0) is 38.1 Å². The van der Waals surface area contributed by atoms with Crippen LogP contribution < -0.4 is 0 Å². The Morgan fingerprint density at radius 3 is 2.47 bits per heavy atom. The fourth-order valence-electron chi connectivity index (χ4n) is 8.93. The minimum absolute atomic E-state index is 0.00885. The molecule has 0 spiro atoms. The van der Waals surface area contributed by atoms with E-state index >= 15 is 0 Å². The molecule has 1 aromatic carbocycles. The lowest BCUT2D eigenvalue weighted by atomic mass is 9.46. The number of allylic oxidation sites excluding steroid dienone is 4. The van der Waals surface area contributed by atoms with Crippen LogP contribution in [0.3, 0.4) is 0 Å². The third-order valence-electron chi connectivity index (χ3n) is 11.2. The number of rotatable bonds is 8. The van der Waals surface area contributed by atoms with Crippen molar-refractivity contribution in [3.63, 3.8) is 0 Å². The third-order valence-corrected chi connectivity index (χ3v) is 11.2. The fraction of sp³-hybridized carbons (Fsp3) is 0.600. The quantitative estimate of drug-likeness (QED) is 0.413. The monoisotopic (exact) mass is 622 g/mol. The van der Waals surface area contributed by atoms with Crippen molar-refractivity contribution in [2.45, 2.75) is 82.9 Å². The molecule has 3 saturated carbocycles. The molecule has 4 fully saturated rings. The molecule has 1 heterocycles. The van der Waals surface area contributed by atoms with Gasteiger partial charge in [-0.15, -0.1) is 0 Å². The van der Waals surface area contributed by atoms with Crippen molar-refractivity contribution in [1.82, 2.24) is 0 Å². The van der Waals surface area contributed by atoms with E-state index in [2.05, 4.69) is 6.92 Å². The molecule has 1 saturated heterocycles. The molecule has 4 unspecified atom stereocenters. The van der Waals surface area contributed by atoms with Crippen LogP contribution in [0.15, 0.2) is 54.1 Å². The van der Waals surface area contributed by atoms with Crippen LogP contribution in [0.2, 0.25) is 0 Å². The lowest BCUT2D eigenvalue weighted by Crippen LogP contribution is -2.61. The van der Waals surface area contributed by atoms with Crippen molar-refractivity contribution in [3.8, 4) is 0 Å². The number of ether oxygens (including phenoxy) is 4. The standard InChI is InChI=1S/C35H42O10/c1-33-14-12-23(36)16-22(33)8-9-25-26-13-15-35(41,34(26,2)17-27(37)31(25)33)28(38)20-42-29(39)10-11-30(40)45-24-18-43-32(44-19-24)21-6-4-3-5-7-21/h3-7,12,14,16,24-27,31-32,37,41H,8-11,13,15,17-20H2,1-2H3/t24?,25?,26?,27?,31?,32?,33-,34-,35-/m0/s1. The van der Waals surface area contributed by atoms with E-state index in [1.807, 2.05) is 43.3 Å². The van der Waals surface area contributed by atoms with Crippen molar-refractivity contribution >= 4 is 23.5 Å². The fourth-order valence-corrected chi connectivity index (χ4v) is 8.93. The number of ketones is 2. The lowest BCUT2D eigenvalue weighted by molar-refractivity contribution is -0.229. The second-order valence-corrected chi connectivity index (χ2v) is 13.7. The molecule has 7 atom stereocenters. The van der Waals surface area contributed by atoms with Gasteiger partial charge >= 0.3 is 11.9 Å². The van der Waals surface area contributed by atoms with Gasteiger partial charge < -0.3 is 29.2 Å². The van der Waals surface area contributed by atoms with Crippen LogP contribution in [0.25, 0.3) is 0 Å².